The van der Waals surface area contributed by atoms with Crippen molar-refractivity contribution in [3.8, 4) is 5.75 Å². The Kier molecular flexibility index (Phi) is 6.64. The summed E-state index contributed by atoms with van der Waals surface area (Å²) in [5.41, 5.74) is 6.08. The zero-order valence-electron chi connectivity index (χ0n) is 17.8. The first-order chi connectivity index (χ1) is 14.3. The third kappa shape index (κ3) is 4.42. The lowest BCUT2D eigenvalue weighted by Gasteiger charge is -2.31. The second kappa shape index (κ2) is 9.19. The highest BCUT2D eigenvalue weighted by atomic mass is 16.5. The fourth-order valence-corrected chi connectivity index (χ4v) is 3.74. The molecular formula is C22H30N4O4. The van der Waals surface area contributed by atoms with Crippen LogP contribution in [0.15, 0.2) is 33.9 Å². The lowest BCUT2D eigenvalue weighted by molar-refractivity contribution is -0.123. The van der Waals surface area contributed by atoms with E-state index < -0.39 is 17.2 Å². The van der Waals surface area contributed by atoms with Crippen LogP contribution in [0.2, 0.25) is 0 Å². The van der Waals surface area contributed by atoms with Crippen LogP contribution < -0.4 is 26.6 Å². The van der Waals surface area contributed by atoms with Crippen molar-refractivity contribution >= 4 is 17.4 Å². The average molecular weight is 415 g/mol. The number of H-pyrrole nitrogens is 1. The lowest BCUT2D eigenvalue weighted by Crippen LogP contribution is -2.46. The van der Waals surface area contributed by atoms with Gasteiger partial charge in [-0.05, 0) is 30.4 Å². The molecule has 1 atom stereocenters. The van der Waals surface area contributed by atoms with Crippen molar-refractivity contribution in [3.05, 3.63) is 50.7 Å². The molecule has 1 aliphatic rings. The lowest BCUT2D eigenvalue weighted by atomic mass is 9.95. The van der Waals surface area contributed by atoms with E-state index in [1.807, 2.05) is 45.0 Å². The number of rotatable bonds is 7. The number of nitrogens with one attached hydrogen (secondary N) is 1. The number of hydrogen-bond acceptors (Lipinski definition) is 5. The van der Waals surface area contributed by atoms with E-state index >= 15 is 0 Å². The summed E-state index contributed by atoms with van der Waals surface area (Å²) in [5.74, 6) is 0.307. The van der Waals surface area contributed by atoms with E-state index in [9.17, 15) is 14.4 Å². The van der Waals surface area contributed by atoms with Gasteiger partial charge in [-0.2, -0.15) is 0 Å². The Morgan fingerprint density at radius 2 is 2.07 bits per heavy atom. The van der Waals surface area contributed by atoms with Crippen LogP contribution in [0.25, 0.3) is 0 Å². The number of fused-ring (bicyclic) bond motifs is 1. The quantitative estimate of drug-likeness (QED) is 0.721. The molecule has 1 aromatic heterocycles. The number of aromatic amines is 1. The number of benzene rings is 1. The number of amides is 1. The molecule has 162 valence electrons. The minimum absolute atomic E-state index is 0.0269. The van der Waals surface area contributed by atoms with Crippen LogP contribution in [-0.2, 0) is 17.8 Å². The Morgan fingerprint density at radius 1 is 1.33 bits per heavy atom. The van der Waals surface area contributed by atoms with Crippen molar-refractivity contribution in [1.82, 2.24) is 9.55 Å². The molecule has 1 aliphatic heterocycles. The van der Waals surface area contributed by atoms with Crippen LogP contribution in [0.5, 0.6) is 5.75 Å². The highest BCUT2D eigenvalue weighted by Crippen LogP contribution is 2.29. The van der Waals surface area contributed by atoms with Gasteiger partial charge in [0.15, 0.2) is 5.69 Å². The molecule has 2 aromatic rings. The van der Waals surface area contributed by atoms with Gasteiger partial charge in [0.2, 0.25) is 5.91 Å². The normalized spacial score (nSPS) is 15.5. The molecule has 1 aromatic carbocycles. The molecule has 0 spiro atoms. The van der Waals surface area contributed by atoms with Crippen molar-refractivity contribution in [1.29, 1.82) is 0 Å². The molecule has 0 aliphatic carbocycles. The van der Waals surface area contributed by atoms with Gasteiger partial charge in [0.1, 0.15) is 18.2 Å². The van der Waals surface area contributed by atoms with E-state index in [0.29, 0.717) is 25.9 Å². The third-order valence-electron chi connectivity index (χ3n) is 5.26. The molecule has 0 radical (unpaired) electrons. The number of nitrogens with zero attached hydrogens (tertiary/aromatic N) is 2. The van der Waals surface area contributed by atoms with Crippen molar-refractivity contribution in [2.24, 2.45) is 11.8 Å². The third-order valence-corrected chi connectivity index (χ3v) is 5.26. The van der Waals surface area contributed by atoms with E-state index in [4.69, 9.17) is 10.5 Å². The topological polar surface area (TPSA) is 110 Å². The highest BCUT2D eigenvalue weighted by molar-refractivity contribution is 5.97. The van der Waals surface area contributed by atoms with Gasteiger partial charge in [0.25, 0.3) is 5.56 Å². The van der Waals surface area contributed by atoms with Crippen LogP contribution in [0, 0.1) is 11.8 Å². The maximum atomic E-state index is 13.5. The first-order valence-electron chi connectivity index (χ1n) is 10.5. The van der Waals surface area contributed by atoms with Crippen molar-refractivity contribution < 1.29 is 9.53 Å². The molecule has 0 saturated heterocycles. The van der Waals surface area contributed by atoms with Gasteiger partial charge in [-0.15, -0.1) is 0 Å². The number of aromatic nitrogens is 2. The van der Waals surface area contributed by atoms with E-state index in [2.05, 4.69) is 4.98 Å². The minimum atomic E-state index is -0.640. The van der Waals surface area contributed by atoms with Crippen LogP contribution in [0.4, 0.5) is 11.5 Å². The summed E-state index contributed by atoms with van der Waals surface area (Å²) in [6.45, 7) is 6.85. The largest absolute Gasteiger partial charge is 0.492 e. The molecule has 8 heteroatoms. The van der Waals surface area contributed by atoms with Crippen molar-refractivity contribution in [3.63, 3.8) is 0 Å². The standard InChI is InChI=1S/C22H30N4O4/c1-4-5-10-25(18-19(23)26(12-14(2)3)22(29)24-20(18)27)21(28)16-11-15-8-6-7-9-17(15)30-13-16/h6-9,14,16H,4-5,10-13,23H2,1-3H3,(H,24,27,29). The van der Waals surface area contributed by atoms with Gasteiger partial charge in [0, 0.05) is 13.1 Å². The molecule has 3 rings (SSSR count). The second-order valence-electron chi connectivity index (χ2n) is 8.16. The number of para-hydroxylation sites is 1. The van der Waals surface area contributed by atoms with Crippen molar-refractivity contribution in [2.45, 2.75) is 46.6 Å². The number of ether oxygens (including phenoxy) is 1. The Bertz CT molecular complexity index is 1020. The molecule has 1 amide bonds. The predicted molar refractivity (Wildman–Crippen MR) is 117 cm³/mol. The molecule has 0 saturated carbocycles. The predicted octanol–water partition coefficient (Wildman–Crippen LogP) is 2.16. The smallest absolute Gasteiger partial charge is 0.330 e. The maximum Gasteiger partial charge on any atom is 0.330 e. The van der Waals surface area contributed by atoms with Gasteiger partial charge < -0.3 is 15.4 Å². The highest BCUT2D eigenvalue weighted by Gasteiger charge is 2.32. The Labute approximate surface area is 175 Å². The molecule has 1 unspecified atom stereocenters. The summed E-state index contributed by atoms with van der Waals surface area (Å²) in [7, 11) is 0. The average Bonchev–Trinajstić information content (AvgIpc) is 2.72. The van der Waals surface area contributed by atoms with Crippen LogP contribution >= 0.6 is 0 Å². The fourth-order valence-electron chi connectivity index (χ4n) is 3.74. The number of nitrogen functional groups attached to an aromatic ring is 1. The molecule has 8 nitrogen and oxygen atoms in total. The van der Waals surface area contributed by atoms with Gasteiger partial charge in [0.05, 0.1) is 5.92 Å². The molecule has 0 bridgehead atoms. The van der Waals surface area contributed by atoms with Gasteiger partial charge in [-0.25, -0.2) is 4.79 Å². The SMILES string of the molecule is CCCCN(C(=O)C1COc2ccccc2C1)c1c(N)n(CC(C)C)c(=O)[nH]c1=O. The Morgan fingerprint density at radius 3 is 2.77 bits per heavy atom. The number of nitrogens with two attached hydrogens (primary N) is 1. The summed E-state index contributed by atoms with van der Waals surface area (Å²) in [6, 6.07) is 7.63. The number of hydrogen-bond donors (Lipinski definition) is 2. The van der Waals surface area contributed by atoms with Crippen LogP contribution in [0.1, 0.15) is 39.2 Å². The Hall–Kier alpha value is -3.03. The Balaban J connectivity index is 2.00. The number of anilines is 2. The molecule has 2 heterocycles. The summed E-state index contributed by atoms with van der Waals surface area (Å²) in [4.78, 5) is 42.3. The zero-order valence-corrected chi connectivity index (χ0v) is 17.8. The first kappa shape index (κ1) is 21.7. The zero-order chi connectivity index (χ0) is 21.8. The monoisotopic (exact) mass is 414 g/mol. The second-order valence-corrected chi connectivity index (χ2v) is 8.16. The van der Waals surface area contributed by atoms with E-state index in [1.165, 1.54) is 9.47 Å². The molecular weight excluding hydrogens is 384 g/mol. The van der Waals surface area contributed by atoms with E-state index in [-0.39, 0.29) is 29.9 Å². The van der Waals surface area contributed by atoms with E-state index in [0.717, 1.165) is 17.7 Å². The number of carbonyl (C=O) groups excluding carboxylic acids is 1. The summed E-state index contributed by atoms with van der Waals surface area (Å²) < 4.78 is 7.12. The van der Waals surface area contributed by atoms with Crippen LogP contribution in [0.3, 0.4) is 0 Å². The molecule has 3 N–H and O–H groups in total. The fraction of sp³-hybridized carbons (Fsp3) is 0.500. The van der Waals surface area contributed by atoms with Crippen LogP contribution in [-0.4, -0.2) is 28.6 Å². The molecule has 30 heavy (non-hydrogen) atoms. The first-order valence-corrected chi connectivity index (χ1v) is 10.5. The van der Waals surface area contributed by atoms with Gasteiger partial charge >= 0.3 is 5.69 Å². The maximum absolute atomic E-state index is 13.5. The molecule has 0 fully saturated rings. The van der Waals surface area contributed by atoms with E-state index in [1.54, 1.807) is 0 Å². The summed E-state index contributed by atoms with van der Waals surface area (Å²) in [6.07, 6.45) is 2.08. The number of unbranched alkanes of at least 4 members (excludes halogenated alkanes) is 1. The summed E-state index contributed by atoms with van der Waals surface area (Å²) in [5, 5.41) is 0. The van der Waals surface area contributed by atoms with Gasteiger partial charge in [-0.1, -0.05) is 45.4 Å². The minimum Gasteiger partial charge on any atom is -0.492 e. The van der Waals surface area contributed by atoms with Gasteiger partial charge in [-0.3, -0.25) is 19.1 Å². The summed E-state index contributed by atoms with van der Waals surface area (Å²) >= 11 is 0. The number of carbonyl (C=O) groups is 1. The van der Waals surface area contributed by atoms with Crippen molar-refractivity contribution in [2.75, 3.05) is 23.8 Å².